The number of likely N-dealkylation sites (N-methyl/N-ethyl adjacent to an activating group) is 1. The molecule has 2 aromatic rings. The van der Waals surface area contributed by atoms with Gasteiger partial charge in [-0.1, -0.05) is 13.0 Å². The molecule has 7 heteroatoms. The van der Waals surface area contributed by atoms with E-state index in [-0.39, 0.29) is 12.2 Å². The molecule has 0 aliphatic heterocycles. The fraction of sp³-hybridized carbons (Fsp3) is 0.350. The lowest BCUT2D eigenvalue weighted by Gasteiger charge is -2.21. The Hall–Kier alpha value is -2.67. The Balaban J connectivity index is 2.02. The summed E-state index contributed by atoms with van der Waals surface area (Å²) in [4.78, 5) is 14.1. The first-order valence-electron chi connectivity index (χ1n) is 8.73. The van der Waals surface area contributed by atoms with Crippen LogP contribution < -0.4 is 14.8 Å². The van der Waals surface area contributed by atoms with Crippen LogP contribution in [0.3, 0.4) is 0 Å². The molecule has 0 saturated heterocycles. The van der Waals surface area contributed by atoms with Gasteiger partial charge in [0.05, 0.1) is 25.9 Å². The zero-order valence-electron chi connectivity index (χ0n) is 15.7. The number of hydrogen-bond acceptors (Lipinski definition) is 4. The smallest absolute Gasteiger partial charge is 0.238 e. The molecule has 0 heterocycles. The highest BCUT2D eigenvalue weighted by Gasteiger charge is 2.14. The van der Waals surface area contributed by atoms with E-state index >= 15 is 0 Å². The lowest BCUT2D eigenvalue weighted by molar-refractivity contribution is -0.117. The number of hydrogen-bond donors (Lipinski definition) is 1. The van der Waals surface area contributed by atoms with Crippen molar-refractivity contribution in [2.75, 3.05) is 32.1 Å². The molecule has 5 nitrogen and oxygen atoms in total. The van der Waals surface area contributed by atoms with Crippen molar-refractivity contribution in [3.8, 4) is 11.5 Å². The number of ether oxygens (including phenoxy) is 2. The number of methoxy groups -OCH3 is 1. The van der Waals surface area contributed by atoms with Crippen LogP contribution >= 0.6 is 0 Å². The topological polar surface area (TPSA) is 50.8 Å². The Morgan fingerprint density at radius 2 is 1.89 bits per heavy atom. The molecule has 0 bridgehead atoms. The average Bonchev–Trinajstić information content (AvgIpc) is 2.65. The normalized spacial score (nSPS) is 10.7. The molecule has 2 aromatic carbocycles. The number of nitrogens with zero attached hydrogens (tertiary/aromatic N) is 1. The van der Waals surface area contributed by atoms with Crippen molar-refractivity contribution in [3.05, 3.63) is 53.6 Å². The predicted octanol–water partition coefficient (Wildman–Crippen LogP) is 3.83. The summed E-state index contributed by atoms with van der Waals surface area (Å²) in [5.74, 6) is -0.424. The first kappa shape index (κ1) is 20.6. The van der Waals surface area contributed by atoms with E-state index in [9.17, 15) is 13.6 Å². The SMILES string of the molecule is CCOc1ccc(CN(CC)CC(=O)Nc2cc(F)ccc2F)cc1OC. The highest BCUT2D eigenvalue weighted by molar-refractivity contribution is 5.92. The van der Waals surface area contributed by atoms with Gasteiger partial charge in [-0.2, -0.15) is 0 Å². The fourth-order valence-corrected chi connectivity index (χ4v) is 2.61. The first-order valence-corrected chi connectivity index (χ1v) is 8.73. The van der Waals surface area contributed by atoms with Crippen molar-refractivity contribution >= 4 is 11.6 Å². The number of amides is 1. The maximum Gasteiger partial charge on any atom is 0.238 e. The van der Waals surface area contributed by atoms with Crippen LogP contribution in [0.25, 0.3) is 0 Å². The van der Waals surface area contributed by atoms with Crippen LogP contribution in [0.1, 0.15) is 19.4 Å². The van der Waals surface area contributed by atoms with Crippen LogP contribution in [0.5, 0.6) is 11.5 Å². The molecule has 27 heavy (non-hydrogen) atoms. The summed E-state index contributed by atoms with van der Waals surface area (Å²) in [6, 6.07) is 8.53. The molecular weight excluding hydrogens is 354 g/mol. The second-order valence-corrected chi connectivity index (χ2v) is 5.89. The predicted molar refractivity (Wildman–Crippen MR) is 100 cm³/mol. The van der Waals surface area contributed by atoms with Crippen molar-refractivity contribution < 1.29 is 23.0 Å². The highest BCUT2D eigenvalue weighted by atomic mass is 19.1. The van der Waals surface area contributed by atoms with Crippen molar-refractivity contribution in [1.82, 2.24) is 4.90 Å². The van der Waals surface area contributed by atoms with Gasteiger partial charge in [-0.3, -0.25) is 9.69 Å². The molecule has 0 saturated carbocycles. The molecule has 0 fully saturated rings. The number of carbonyl (C=O) groups is 1. The van der Waals surface area contributed by atoms with Gasteiger partial charge >= 0.3 is 0 Å². The van der Waals surface area contributed by atoms with Gasteiger partial charge in [0.15, 0.2) is 11.5 Å². The highest BCUT2D eigenvalue weighted by Crippen LogP contribution is 2.28. The monoisotopic (exact) mass is 378 g/mol. The van der Waals surface area contributed by atoms with Crippen LogP contribution in [0.15, 0.2) is 36.4 Å². The summed E-state index contributed by atoms with van der Waals surface area (Å²) in [7, 11) is 1.57. The molecule has 2 rings (SSSR count). The van der Waals surface area contributed by atoms with Crippen LogP contribution in [0.2, 0.25) is 0 Å². The zero-order chi connectivity index (χ0) is 19.8. The summed E-state index contributed by atoms with van der Waals surface area (Å²) in [5, 5.41) is 2.41. The molecule has 0 aromatic heterocycles. The van der Waals surface area contributed by atoms with Crippen LogP contribution in [0, 0.1) is 11.6 Å². The van der Waals surface area contributed by atoms with Gasteiger partial charge in [0.1, 0.15) is 11.6 Å². The Morgan fingerprint density at radius 3 is 2.56 bits per heavy atom. The van der Waals surface area contributed by atoms with Crippen LogP contribution in [0.4, 0.5) is 14.5 Å². The minimum Gasteiger partial charge on any atom is -0.493 e. The van der Waals surface area contributed by atoms with E-state index in [4.69, 9.17) is 9.47 Å². The molecule has 146 valence electrons. The van der Waals surface area contributed by atoms with Crippen molar-refractivity contribution in [1.29, 1.82) is 0 Å². The zero-order valence-corrected chi connectivity index (χ0v) is 15.7. The second-order valence-electron chi connectivity index (χ2n) is 5.89. The van der Waals surface area contributed by atoms with Crippen molar-refractivity contribution in [2.45, 2.75) is 20.4 Å². The van der Waals surface area contributed by atoms with E-state index in [2.05, 4.69) is 5.32 Å². The molecular formula is C20H24F2N2O3. The molecule has 1 N–H and O–H groups in total. The summed E-state index contributed by atoms with van der Waals surface area (Å²) in [5.41, 5.74) is 0.778. The van der Waals surface area contributed by atoms with E-state index in [1.165, 1.54) is 0 Å². The van der Waals surface area contributed by atoms with E-state index in [1.54, 1.807) is 7.11 Å². The number of rotatable bonds is 9. The molecule has 0 unspecified atom stereocenters. The minimum absolute atomic E-state index is 0.0436. The third-order valence-corrected chi connectivity index (χ3v) is 3.95. The molecule has 0 radical (unpaired) electrons. The van der Waals surface area contributed by atoms with Gasteiger partial charge in [0.25, 0.3) is 0 Å². The van der Waals surface area contributed by atoms with Crippen molar-refractivity contribution in [3.63, 3.8) is 0 Å². The van der Waals surface area contributed by atoms with Gasteiger partial charge < -0.3 is 14.8 Å². The minimum atomic E-state index is -0.677. The summed E-state index contributed by atoms with van der Waals surface area (Å²) in [6.07, 6.45) is 0. The summed E-state index contributed by atoms with van der Waals surface area (Å²) < 4.78 is 37.7. The Morgan fingerprint density at radius 1 is 1.11 bits per heavy atom. The lowest BCUT2D eigenvalue weighted by atomic mass is 10.2. The maximum absolute atomic E-state index is 13.7. The van der Waals surface area contributed by atoms with Gasteiger partial charge in [0, 0.05) is 12.6 Å². The van der Waals surface area contributed by atoms with E-state index in [0.717, 1.165) is 23.8 Å². The van der Waals surface area contributed by atoms with Crippen LogP contribution in [-0.2, 0) is 11.3 Å². The largest absolute Gasteiger partial charge is 0.493 e. The quantitative estimate of drug-likeness (QED) is 0.721. The van der Waals surface area contributed by atoms with Crippen molar-refractivity contribution in [2.24, 2.45) is 0 Å². The summed E-state index contributed by atoms with van der Waals surface area (Å²) >= 11 is 0. The number of nitrogens with one attached hydrogen (secondary N) is 1. The van der Waals surface area contributed by atoms with E-state index < -0.39 is 17.5 Å². The van der Waals surface area contributed by atoms with E-state index in [0.29, 0.717) is 31.2 Å². The maximum atomic E-state index is 13.7. The average molecular weight is 378 g/mol. The Bertz CT molecular complexity index is 784. The lowest BCUT2D eigenvalue weighted by Crippen LogP contribution is -2.33. The summed E-state index contributed by atoms with van der Waals surface area (Å²) in [6.45, 7) is 5.50. The number of halogens is 2. The van der Waals surface area contributed by atoms with E-state index in [1.807, 2.05) is 36.9 Å². The fourth-order valence-electron chi connectivity index (χ4n) is 2.61. The van der Waals surface area contributed by atoms with Gasteiger partial charge in [-0.05, 0) is 43.3 Å². The Labute approximate surface area is 157 Å². The van der Waals surface area contributed by atoms with Gasteiger partial charge in [-0.15, -0.1) is 0 Å². The third kappa shape index (κ3) is 5.92. The standard InChI is InChI=1S/C20H24F2N2O3/c1-4-24(12-14-6-9-18(27-5-2)19(10-14)26-3)13-20(25)23-17-11-15(21)7-8-16(17)22/h6-11H,4-5,12-13H2,1-3H3,(H,23,25). The molecule has 0 aliphatic carbocycles. The van der Waals surface area contributed by atoms with Gasteiger partial charge in [0.2, 0.25) is 5.91 Å². The molecule has 0 atom stereocenters. The second kappa shape index (κ2) is 9.87. The molecule has 0 spiro atoms. The molecule has 1 amide bonds. The molecule has 0 aliphatic rings. The van der Waals surface area contributed by atoms with Crippen LogP contribution in [-0.4, -0.2) is 37.6 Å². The number of benzene rings is 2. The number of carbonyl (C=O) groups excluding carboxylic acids is 1. The third-order valence-electron chi connectivity index (χ3n) is 3.95. The number of anilines is 1. The Kier molecular flexibility index (Phi) is 7.55. The first-order chi connectivity index (χ1) is 13.0. The van der Waals surface area contributed by atoms with Gasteiger partial charge in [-0.25, -0.2) is 8.78 Å².